The van der Waals surface area contributed by atoms with Crippen LogP contribution in [0.3, 0.4) is 0 Å². The van der Waals surface area contributed by atoms with Crippen molar-refractivity contribution in [1.29, 1.82) is 0 Å². The van der Waals surface area contributed by atoms with E-state index in [1.807, 2.05) is 6.07 Å². The van der Waals surface area contributed by atoms with E-state index < -0.39 is 22.0 Å². The van der Waals surface area contributed by atoms with Crippen molar-refractivity contribution in [3.05, 3.63) is 57.6 Å². The zero-order valence-corrected chi connectivity index (χ0v) is 17.6. The molecule has 2 aromatic carbocycles. The highest BCUT2D eigenvalue weighted by molar-refractivity contribution is 5.95. The number of nitrogens with zero attached hydrogens (tertiary/aromatic N) is 3. The zero-order valence-electron chi connectivity index (χ0n) is 17.6. The van der Waals surface area contributed by atoms with Crippen molar-refractivity contribution >= 4 is 17.1 Å². The van der Waals surface area contributed by atoms with Crippen molar-refractivity contribution in [3.63, 3.8) is 0 Å². The molecule has 0 unspecified atom stereocenters. The van der Waals surface area contributed by atoms with Crippen LogP contribution in [0.1, 0.15) is 30.4 Å². The third-order valence-electron chi connectivity index (χ3n) is 7.95. The summed E-state index contributed by atoms with van der Waals surface area (Å²) in [5, 5.41) is 38.2. The molecule has 1 spiro atoms. The Hall–Kier alpha value is -3.17. The molecule has 4 atom stereocenters. The first-order valence-electron chi connectivity index (χ1n) is 10.9. The van der Waals surface area contributed by atoms with Gasteiger partial charge in [-0.2, -0.15) is 5.10 Å². The topological polar surface area (TPSA) is 120 Å². The molecule has 2 heterocycles. The smallest absolute Gasteiger partial charge is 0.269 e. The van der Waals surface area contributed by atoms with Gasteiger partial charge in [-0.05, 0) is 63.0 Å². The van der Waals surface area contributed by atoms with E-state index in [1.165, 1.54) is 12.1 Å². The van der Waals surface area contributed by atoms with Gasteiger partial charge in [0.15, 0.2) is 17.6 Å². The van der Waals surface area contributed by atoms with E-state index in [1.54, 1.807) is 18.2 Å². The number of likely N-dealkylation sites (tertiary alicyclic amines) is 1. The molecule has 2 aliphatic carbocycles. The number of hydrazone groups is 1. The van der Waals surface area contributed by atoms with Gasteiger partial charge in [0.1, 0.15) is 0 Å². The average Bonchev–Trinajstić information content (AvgIpc) is 3.13. The van der Waals surface area contributed by atoms with Gasteiger partial charge in [-0.15, -0.1) is 0 Å². The minimum Gasteiger partial charge on any atom is -0.504 e. The number of nitrogens with one attached hydrogen (secondary N) is 1. The van der Waals surface area contributed by atoms with Gasteiger partial charge in [-0.1, -0.05) is 6.07 Å². The van der Waals surface area contributed by atoms with Gasteiger partial charge in [0.25, 0.3) is 5.69 Å². The Morgan fingerprint density at radius 1 is 1.25 bits per heavy atom. The quantitative estimate of drug-likeness (QED) is 0.499. The Kier molecular flexibility index (Phi) is 3.92. The van der Waals surface area contributed by atoms with Crippen LogP contribution in [0.4, 0.5) is 11.4 Å². The fourth-order valence-corrected chi connectivity index (χ4v) is 6.46. The van der Waals surface area contributed by atoms with Gasteiger partial charge < -0.3 is 19.8 Å². The van der Waals surface area contributed by atoms with Gasteiger partial charge in [0.2, 0.25) is 0 Å². The Bertz CT molecular complexity index is 1170. The van der Waals surface area contributed by atoms with Crippen molar-refractivity contribution < 1.29 is 19.9 Å². The number of anilines is 1. The van der Waals surface area contributed by atoms with Crippen molar-refractivity contribution in [2.45, 2.75) is 48.8 Å². The number of rotatable bonds is 3. The summed E-state index contributed by atoms with van der Waals surface area (Å²) in [6, 6.07) is 9.68. The standard InChI is InChI=1S/C23H24N4O5/c1-26-11-10-22-19-13-2-7-17(28)20(19)32-21(22)16(8-9-23(22,29)18(26)12-13)25-24-14-3-5-15(6-4-14)27(30)31/h2-7,18,21,24,28-29H,8-12H2,1H3/b25-16+/t18-,21+,22+,23-/m1/s1. The summed E-state index contributed by atoms with van der Waals surface area (Å²) in [5.74, 6) is 0.564. The number of aromatic hydroxyl groups is 1. The molecule has 1 saturated heterocycles. The summed E-state index contributed by atoms with van der Waals surface area (Å²) in [7, 11) is 2.06. The number of non-ortho nitro benzene ring substituents is 1. The Morgan fingerprint density at radius 2 is 2.03 bits per heavy atom. The van der Waals surface area contributed by atoms with Gasteiger partial charge in [0, 0.05) is 23.7 Å². The first kappa shape index (κ1) is 19.5. The van der Waals surface area contributed by atoms with Crippen LogP contribution >= 0.6 is 0 Å². The highest BCUT2D eigenvalue weighted by Gasteiger charge is 2.72. The monoisotopic (exact) mass is 436 g/mol. The molecule has 3 N–H and O–H groups in total. The molecule has 0 amide bonds. The summed E-state index contributed by atoms with van der Waals surface area (Å²) in [4.78, 5) is 12.7. The summed E-state index contributed by atoms with van der Waals surface area (Å²) in [6.07, 6.45) is 2.06. The molecule has 6 rings (SSSR count). The molecule has 32 heavy (non-hydrogen) atoms. The number of nitro benzene ring substituents is 1. The molecule has 1 saturated carbocycles. The third-order valence-corrected chi connectivity index (χ3v) is 7.95. The van der Waals surface area contributed by atoms with E-state index in [0.29, 0.717) is 30.7 Å². The SMILES string of the molecule is CN1CC[C@]23c4c5ccc(O)c4O[C@H]2/C(=N/Nc2ccc([N+](=O)[O-])cc2)CC[C@@]3(O)[C@H]1C5. The van der Waals surface area contributed by atoms with E-state index in [-0.39, 0.29) is 17.5 Å². The minimum absolute atomic E-state index is 0.0157. The van der Waals surface area contributed by atoms with E-state index >= 15 is 0 Å². The Balaban J connectivity index is 1.42. The summed E-state index contributed by atoms with van der Waals surface area (Å²) in [5.41, 5.74) is 4.86. The van der Waals surface area contributed by atoms with Gasteiger partial charge >= 0.3 is 0 Å². The van der Waals surface area contributed by atoms with Crippen LogP contribution in [0.2, 0.25) is 0 Å². The van der Waals surface area contributed by atoms with Crippen LogP contribution < -0.4 is 10.2 Å². The maximum atomic E-state index is 12.1. The number of ether oxygens (including phenoxy) is 1. The lowest BCUT2D eigenvalue weighted by molar-refractivity contribution is -0.384. The van der Waals surface area contributed by atoms with Crippen molar-refractivity contribution in [3.8, 4) is 11.5 Å². The molecule has 0 radical (unpaired) electrons. The largest absolute Gasteiger partial charge is 0.504 e. The number of phenolic OH excluding ortho intramolecular Hbond substituents is 1. The molecule has 166 valence electrons. The summed E-state index contributed by atoms with van der Waals surface area (Å²) in [6.45, 7) is 0.824. The molecule has 2 fully saturated rings. The van der Waals surface area contributed by atoms with Crippen LogP contribution in [0.15, 0.2) is 41.5 Å². The number of hydrogen-bond acceptors (Lipinski definition) is 8. The van der Waals surface area contributed by atoms with E-state index in [9.17, 15) is 20.3 Å². The van der Waals surface area contributed by atoms with E-state index in [4.69, 9.17) is 4.74 Å². The summed E-state index contributed by atoms with van der Waals surface area (Å²) < 4.78 is 6.37. The lowest BCUT2D eigenvalue weighted by atomic mass is 9.49. The third kappa shape index (κ3) is 2.32. The molecule has 2 aliphatic heterocycles. The van der Waals surface area contributed by atoms with Crippen LogP contribution in [0.5, 0.6) is 11.5 Å². The van der Waals surface area contributed by atoms with Gasteiger partial charge in [0.05, 0.1) is 27.3 Å². The first-order chi connectivity index (χ1) is 15.3. The highest BCUT2D eigenvalue weighted by atomic mass is 16.6. The van der Waals surface area contributed by atoms with Crippen molar-refractivity contribution in [1.82, 2.24) is 4.90 Å². The molecule has 4 aliphatic rings. The second-order valence-electron chi connectivity index (χ2n) is 9.31. The Morgan fingerprint density at radius 3 is 2.78 bits per heavy atom. The van der Waals surface area contributed by atoms with Crippen LogP contribution in [0, 0.1) is 10.1 Å². The van der Waals surface area contributed by atoms with Crippen LogP contribution in [0.25, 0.3) is 0 Å². The second kappa shape index (κ2) is 6.43. The number of aliphatic hydroxyl groups is 1. The number of piperidine rings is 1. The second-order valence-corrected chi connectivity index (χ2v) is 9.31. The van der Waals surface area contributed by atoms with Gasteiger partial charge in [-0.25, -0.2) is 0 Å². The molecule has 9 heteroatoms. The number of nitro groups is 1. The van der Waals surface area contributed by atoms with E-state index in [2.05, 4.69) is 22.5 Å². The number of phenols is 1. The Labute approximate surface area is 184 Å². The maximum Gasteiger partial charge on any atom is 0.269 e. The predicted octanol–water partition coefficient (Wildman–Crippen LogP) is 2.55. The summed E-state index contributed by atoms with van der Waals surface area (Å²) >= 11 is 0. The van der Waals surface area contributed by atoms with Crippen molar-refractivity contribution in [2.24, 2.45) is 5.10 Å². The number of hydrogen-bond donors (Lipinski definition) is 3. The number of benzene rings is 2. The maximum absolute atomic E-state index is 12.1. The molecule has 2 aromatic rings. The minimum atomic E-state index is -0.969. The fraction of sp³-hybridized carbons (Fsp3) is 0.435. The average molecular weight is 436 g/mol. The lowest BCUT2D eigenvalue weighted by Crippen LogP contribution is -2.76. The molecule has 9 nitrogen and oxygen atoms in total. The zero-order chi connectivity index (χ0) is 22.3. The predicted molar refractivity (Wildman–Crippen MR) is 117 cm³/mol. The van der Waals surface area contributed by atoms with E-state index in [0.717, 1.165) is 29.8 Å². The van der Waals surface area contributed by atoms with Crippen LogP contribution in [-0.4, -0.2) is 57.1 Å². The molecular formula is C23H24N4O5. The molecule has 0 aromatic heterocycles. The fourth-order valence-electron chi connectivity index (χ4n) is 6.46. The molecular weight excluding hydrogens is 412 g/mol. The highest BCUT2D eigenvalue weighted by Crippen LogP contribution is 2.64. The van der Waals surface area contributed by atoms with Crippen molar-refractivity contribution in [2.75, 3.05) is 19.0 Å². The van der Waals surface area contributed by atoms with Crippen LogP contribution in [-0.2, 0) is 11.8 Å². The first-order valence-corrected chi connectivity index (χ1v) is 10.9. The number of likely N-dealkylation sites (N-methyl/N-ethyl adjacent to an activating group) is 1. The molecule has 2 bridgehead atoms. The lowest BCUT2D eigenvalue weighted by Gasteiger charge is -2.62. The normalized spacial score (nSPS) is 33.5. The van der Waals surface area contributed by atoms with Gasteiger partial charge in [-0.3, -0.25) is 15.5 Å².